The summed E-state index contributed by atoms with van der Waals surface area (Å²) in [5.41, 5.74) is 6.45. The highest BCUT2D eigenvalue weighted by Crippen LogP contribution is 2.31. The predicted molar refractivity (Wildman–Crippen MR) is 84.7 cm³/mol. The zero-order valence-corrected chi connectivity index (χ0v) is 13.0. The SMILES string of the molecule is CCOc1cc2c([nH]c3ccc(S(N)(=O)=O)cc32)c(C(N)=O)n1. The molecule has 0 atom stereocenters. The molecular formula is C14H14N4O4S. The quantitative estimate of drug-likeness (QED) is 0.649. The second kappa shape index (κ2) is 5.21. The highest BCUT2D eigenvalue weighted by atomic mass is 32.2. The van der Waals surface area contributed by atoms with Gasteiger partial charge in [0.1, 0.15) is 0 Å². The molecular weight excluding hydrogens is 320 g/mol. The van der Waals surface area contributed by atoms with Gasteiger partial charge in [0.15, 0.2) is 5.69 Å². The van der Waals surface area contributed by atoms with Gasteiger partial charge in [-0.2, -0.15) is 0 Å². The molecule has 3 rings (SSSR count). The molecule has 5 N–H and O–H groups in total. The maximum atomic E-state index is 11.6. The van der Waals surface area contributed by atoms with Crippen LogP contribution in [0.15, 0.2) is 29.2 Å². The minimum Gasteiger partial charge on any atom is -0.478 e. The smallest absolute Gasteiger partial charge is 0.269 e. The van der Waals surface area contributed by atoms with Crippen molar-refractivity contribution < 1.29 is 17.9 Å². The Labute approximate surface area is 131 Å². The molecule has 8 nitrogen and oxygen atoms in total. The van der Waals surface area contributed by atoms with Gasteiger partial charge in [-0.1, -0.05) is 0 Å². The number of nitrogens with zero attached hydrogens (tertiary/aromatic N) is 1. The number of H-pyrrole nitrogens is 1. The molecule has 0 aliphatic carbocycles. The Kier molecular flexibility index (Phi) is 3.46. The van der Waals surface area contributed by atoms with Crippen LogP contribution in [-0.2, 0) is 10.0 Å². The molecule has 9 heteroatoms. The van der Waals surface area contributed by atoms with E-state index >= 15 is 0 Å². The lowest BCUT2D eigenvalue weighted by molar-refractivity contribution is 0.0996. The molecule has 0 bridgehead atoms. The van der Waals surface area contributed by atoms with Gasteiger partial charge in [0.25, 0.3) is 5.91 Å². The van der Waals surface area contributed by atoms with Gasteiger partial charge in [0.2, 0.25) is 15.9 Å². The summed E-state index contributed by atoms with van der Waals surface area (Å²) in [6.07, 6.45) is 0. The zero-order valence-electron chi connectivity index (χ0n) is 12.2. The van der Waals surface area contributed by atoms with Crippen LogP contribution in [0, 0.1) is 0 Å². The number of fused-ring (bicyclic) bond motifs is 3. The maximum absolute atomic E-state index is 11.6. The third-order valence-corrected chi connectivity index (χ3v) is 4.30. The minimum absolute atomic E-state index is 0.0266. The number of ether oxygens (including phenoxy) is 1. The standard InChI is InChI=1S/C14H14N4O4S/c1-2-22-11-6-9-8-5-7(23(16,20)21)3-4-10(8)17-12(9)13(18-11)14(15)19/h3-6,17H,2H2,1H3,(H2,15,19)(H2,16,20,21). The minimum atomic E-state index is -3.84. The molecule has 120 valence electrons. The number of primary amides is 1. The van der Waals surface area contributed by atoms with E-state index in [0.717, 1.165) is 0 Å². The van der Waals surface area contributed by atoms with Crippen molar-refractivity contribution in [3.63, 3.8) is 0 Å². The van der Waals surface area contributed by atoms with Crippen LogP contribution in [0.5, 0.6) is 5.88 Å². The van der Waals surface area contributed by atoms with E-state index in [2.05, 4.69) is 9.97 Å². The number of nitrogens with one attached hydrogen (secondary N) is 1. The Bertz CT molecular complexity index is 1040. The van der Waals surface area contributed by atoms with Gasteiger partial charge in [-0.3, -0.25) is 4.79 Å². The van der Waals surface area contributed by atoms with Crippen molar-refractivity contribution in [2.75, 3.05) is 6.61 Å². The first-order valence-electron chi connectivity index (χ1n) is 6.73. The van der Waals surface area contributed by atoms with Gasteiger partial charge >= 0.3 is 0 Å². The van der Waals surface area contributed by atoms with E-state index in [9.17, 15) is 13.2 Å². The van der Waals surface area contributed by atoms with Gasteiger partial charge in [0, 0.05) is 22.4 Å². The number of hydrogen-bond donors (Lipinski definition) is 3. The van der Waals surface area contributed by atoms with Gasteiger partial charge < -0.3 is 15.5 Å². The van der Waals surface area contributed by atoms with Crippen LogP contribution < -0.4 is 15.6 Å². The second-order valence-corrected chi connectivity index (χ2v) is 6.47. The lowest BCUT2D eigenvalue weighted by Crippen LogP contribution is -2.14. The Morgan fingerprint density at radius 3 is 2.65 bits per heavy atom. The summed E-state index contributed by atoms with van der Waals surface area (Å²) in [7, 11) is -3.84. The molecule has 1 amide bonds. The maximum Gasteiger partial charge on any atom is 0.269 e. The molecule has 0 saturated heterocycles. The Morgan fingerprint density at radius 1 is 1.30 bits per heavy atom. The number of pyridine rings is 1. The van der Waals surface area contributed by atoms with Crippen molar-refractivity contribution in [1.82, 2.24) is 9.97 Å². The van der Waals surface area contributed by atoms with Crippen LogP contribution >= 0.6 is 0 Å². The number of sulfonamides is 1. The molecule has 0 aliphatic rings. The van der Waals surface area contributed by atoms with Crippen LogP contribution in [0.4, 0.5) is 0 Å². The van der Waals surface area contributed by atoms with E-state index in [0.29, 0.717) is 28.4 Å². The van der Waals surface area contributed by atoms with E-state index in [-0.39, 0.29) is 16.5 Å². The van der Waals surface area contributed by atoms with Crippen LogP contribution in [-0.4, -0.2) is 30.9 Å². The molecule has 23 heavy (non-hydrogen) atoms. The number of hydrogen-bond acceptors (Lipinski definition) is 5. The average Bonchev–Trinajstić information content (AvgIpc) is 2.83. The largest absolute Gasteiger partial charge is 0.478 e. The third kappa shape index (κ3) is 2.60. The number of primary sulfonamides is 1. The van der Waals surface area contributed by atoms with E-state index in [1.165, 1.54) is 12.1 Å². The fourth-order valence-electron chi connectivity index (χ4n) is 2.43. The Hall–Kier alpha value is -2.65. The van der Waals surface area contributed by atoms with Crippen molar-refractivity contribution in [2.45, 2.75) is 11.8 Å². The van der Waals surface area contributed by atoms with E-state index < -0.39 is 15.9 Å². The molecule has 0 aliphatic heterocycles. The highest BCUT2D eigenvalue weighted by molar-refractivity contribution is 7.89. The van der Waals surface area contributed by atoms with Gasteiger partial charge in [0.05, 0.1) is 17.0 Å². The number of benzene rings is 1. The van der Waals surface area contributed by atoms with E-state index in [1.807, 2.05) is 0 Å². The summed E-state index contributed by atoms with van der Waals surface area (Å²) in [4.78, 5) is 18.7. The first-order chi connectivity index (χ1) is 10.8. The molecule has 2 aromatic heterocycles. The molecule has 1 aromatic carbocycles. The average molecular weight is 334 g/mol. The molecule has 3 aromatic rings. The van der Waals surface area contributed by atoms with E-state index in [1.54, 1.807) is 19.1 Å². The monoisotopic (exact) mass is 334 g/mol. The lowest BCUT2D eigenvalue weighted by Gasteiger charge is -2.05. The highest BCUT2D eigenvalue weighted by Gasteiger charge is 2.17. The summed E-state index contributed by atoms with van der Waals surface area (Å²) in [5, 5.41) is 6.33. The lowest BCUT2D eigenvalue weighted by atomic mass is 10.1. The number of rotatable bonds is 4. The number of carbonyl (C=O) groups excluding carboxylic acids is 1. The van der Waals surface area contributed by atoms with Crippen LogP contribution in [0.1, 0.15) is 17.4 Å². The molecule has 0 unspecified atom stereocenters. The Balaban J connectivity index is 2.41. The van der Waals surface area contributed by atoms with Crippen molar-refractivity contribution >= 4 is 37.7 Å². The molecule has 0 spiro atoms. The summed E-state index contributed by atoms with van der Waals surface area (Å²) in [6, 6.07) is 6.01. The second-order valence-electron chi connectivity index (χ2n) is 4.91. The number of aromatic amines is 1. The Morgan fingerprint density at radius 2 is 2.04 bits per heavy atom. The fourth-order valence-corrected chi connectivity index (χ4v) is 2.97. The van der Waals surface area contributed by atoms with Crippen molar-refractivity contribution in [1.29, 1.82) is 0 Å². The summed E-state index contributed by atoms with van der Waals surface area (Å²) < 4.78 is 28.4. The van der Waals surface area contributed by atoms with Gasteiger partial charge in [-0.05, 0) is 25.1 Å². The summed E-state index contributed by atoms with van der Waals surface area (Å²) in [6.45, 7) is 2.14. The van der Waals surface area contributed by atoms with E-state index in [4.69, 9.17) is 15.6 Å². The van der Waals surface area contributed by atoms with Crippen molar-refractivity contribution in [2.24, 2.45) is 10.9 Å². The summed E-state index contributed by atoms with van der Waals surface area (Å²) in [5.74, 6) is -0.481. The van der Waals surface area contributed by atoms with Crippen molar-refractivity contribution in [3.8, 4) is 5.88 Å². The van der Waals surface area contributed by atoms with Gasteiger partial charge in [-0.15, -0.1) is 0 Å². The van der Waals surface area contributed by atoms with Crippen LogP contribution in [0.25, 0.3) is 21.8 Å². The topological polar surface area (TPSA) is 141 Å². The normalized spacial score (nSPS) is 11.9. The van der Waals surface area contributed by atoms with Crippen LogP contribution in [0.3, 0.4) is 0 Å². The summed E-state index contributed by atoms with van der Waals surface area (Å²) >= 11 is 0. The molecule has 0 radical (unpaired) electrons. The fraction of sp³-hybridized carbons (Fsp3) is 0.143. The predicted octanol–water partition coefficient (Wildman–Crippen LogP) is 0.861. The number of aromatic nitrogens is 2. The molecule has 0 fully saturated rings. The third-order valence-electron chi connectivity index (χ3n) is 3.39. The first kappa shape index (κ1) is 15.3. The molecule has 2 heterocycles. The zero-order chi connectivity index (χ0) is 16.8. The first-order valence-corrected chi connectivity index (χ1v) is 8.27. The number of carbonyl (C=O) groups is 1. The molecule has 0 saturated carbocycles. The number of amides is 1. The van der Waals surface area contributed by atoms with Crippen molar-refractivity contribution in [3.05, 3.63) is 30.0 Å². The number of nitrogens with two attached hydrogens (primary N) is 2. The van der Waals surface area contributed by atoms with Crippen LogP contribution in [0.2, 0.25) is 0 Å². The van der Waals surface area contributed by atoms with Gasteiger partial charge in [-0.25, -0.2) is 18.5 Å².